The molecular weight excluding hydrogens is 697 g/mol. The Kier molecular flexibility index (Phi) is 6.39. The molecule has 0 aromatic heterocycles. The minimum atomic E-state index is -0.369. The monoisotopic (exact) mass is 732 g/mol. The van der Waals surface area contributed by atoms with Crippen molar-refractivity contribution in [2.45, 2.75) is 12.3 Å². The summed E-state index contributed by atoms with van der Waals surface area (Å²) < 4.78 is 0. The number of aryl methyl sites for hydroxylation is 1. The van der Waals surface area contributed by atoms with Gasteiger partial charge in [0.25, 0.3) is 0 Å². The van der Waals surface area contributed by atoms with Gasteiger partial charge in [-0.2, -0.15) is 0 Å². The van der Waals surface area contributed by atoms with Crippen LogP contribution in [-0.2, 0) is 5.41 Å². The molecule has 0 atom stereocenters. The van der Waals surface area contributed by atoms with Gasteiger partial charge < -0.3 is 0 Å². The van der Waals surface area contributed by atoms with E-state index >= 15 is 0 Å². The van der Waals surface area contributed by atoms with Crippen molar-refractivity contribution in [2.24, 2.45) is 0 Å². The quantitative estimate of drug-likeness (QED) is 0.125. The summed E-state index contributed by atoms with van der Waals surface area (Å²) in [6, 6.07) is 75.6. The number of hydrogen-bond donors (Lipinski definition) is 0. The molecule has 0 amide bonds. The zero-order chi connectivity index (χ0) is 38.1. The Morgan fingerprint density at radius 3 is 1.64 bits per heavy atom. The summed E-state index contributed by atoms with van der Waals surface area (Å²) in [7, 11) is 0. The summed E-state index contributed by atoms with van der Waals surface area (Å²) in [5, 5.41) is 13.1. The summed E-state index contributed by atoms with van der Waals surface area (Å²) in [6.45, 7) is 2.21. The van der Waals surface area contributed by atoms with Gasteiger partial charge in [-0.05, 0) is 140 Å². The maximum Gasteiger partial charge on any atom is 0.0726 e. The molecule has 0 nitrogen and oxygen atoms in total. The van der Waals surface area contributed by atoms with E-state index in [0.29, 0.717) is 0 Å². The second-order valence-corrected chi connectivity index (χ2v) is 16.4. The van der Waals surface area contributed by atoms with E-state index in [9.17, 15) is 0 Å². The lowest BCUT2D eigenvalue weighted by atomic mass is 9.70. The Balaban J connectivity index is 1.03. The molecule has 0 saturated carbocycles. The van der Waals surface area contributed by atoms with E-state index in [2.05, 4.69) is 207 Å². The molecule has 0 radical (unpaired) electrons. The average Bonchev–Trinajstić information content (AvgIpc) is 3.75. The van der Waals surface area contributed by atoms with Gasteiger partial charge in [-0.3, -0.25) is 0 Å². The van der Waals surface area contributed by atoms with E-state index < -0.39 is 0 Å². The summed E-state index contributed by atoms with van der Waals surface area (Å²) in [6.07, 6.45) is 0. The lowest BCUT2D eigenvalue weighted by Crippen LogP contribution is -2.26. The summed E-state index contributed by atoms with van der Waals surface area (Å²) in [5.74, 6) is 0. The summed E-state index contributed by atoms with van der Waals surface area (Å²) >= 11 is 0. The molecule has 2 aliphatic rings. The molecule has 0 saturated heterocycles. The van der Waals surface area contributed by atoms with Crippen LogP contribution in [-0.4, -0.2) is 0 Å². The van der Waals surface area contributed by atoms with Crippen molar-refractivity contribution < 1.29 is 0 Å². The third-order valence-corrected chi connectivity index (χ3v) is 13.5. The molecule has 0 aliphatic heterocycles. The van der Waals surface area contributed by atoms with Crippen LogP contribution in [0.3, 0.4) is 0 Å². The first-order valence-corrected chi connectivity index (χ1v) is 20.4. The Hall–Kier alpha value is -7.28. The first-order chi connectivity index (χ1) is 28.7. The maximum absolute atomic E-state index is 2.52. The summed E-state index contributed by atoms with van der Waals surface area (Å²) in [4.78, 5) is 0. The Morgan fingerprint density at radius 2 is 0.845 bits per heavy atom. The van der Waals surface area contributed by atoms with Gasteiger partial charge in [0.05, 0.1) is 5.41 Å². The highest BCUT2D eigenvalue weighted by atomic mass is 14.5. The topological polar surface area (TPSA) is 0 Å². The van der Waals surface area contributed by atoms with Gasteiger partial charge in [0.2, 0.25) is 0 Å². The standard InChI is InChI=1S/C58H36/c1-35-24-31-48-49(32-35)57(45-20-10-13-37-12-2-3-15-42(37)45)47-19-5-4-18-46(47)54(48)39-27-25-36(26-28-39)41-33-40-30-29-38-14-11-23-52-55(38)56(40)53(34-41)58(52)50-21-8-6-16-43(50)44-17-7-9-22-51(44)58/h2-34H,1H3. The van der Waals surface area contributed by atoms with Crippen LogP contribution >= 0.6 is 0 Å². The molecule has 58 heavy (non-hydrogen) atoms. The maximum atomic E-state index is 2.52. The van der Waals surface area contributed by atoms with Gasteiger partial charge in [0.1, 0.15) is 0 Å². The molecule has 0 fully saturated rings. The van der Waals surface area contributed by atoms with Crippen LogP contribution in [0.2, 0.25) is 0 Å². The number of fused-ring (bicyclic) bond motifs is 10. The van der Waals surface area contributed by atoms with Crippen LogP contribution in [0.15, 0.2) is 200 Å². The van der Waals surface area contributed by atoms with E-state index in [-0.39, 0.29) is 5.41 Å². The van der Waals surface area contributed by atoms with E-state index in [1.165, 1.54) is 126 Å². The van der Waals surface area contributed by atoms with Crippen LogP contribution in [0.4, 0.5) is 0 Å². The Labute approximate surface area is 337 Å². The minimum absolute atomic E-state index is 0.369. The first kappa shape index (κ1) is 31.9. The van der Waals surface area contributed by atoms with Crippen molar-refractivity contribution >= 4 is 53.9 Å². The number of benzene rings is 11. The van der Waals surface area contributed by atoms with Gasteiger partial charge >= 0.3 is 0 Å². The highest BCUT2D eigenvalue weighted by Crippen LogP contribution is 2.62. The second kappa shape index (κ2) is 11.6. The first-order valence-electron chi connectivity index (χ1n) is 20.4. The smallest absolute Gasteiger partial charge is 0.0619 e. The fourth-order valence-corrected chi connectivity index (χ4v) is 11.1. The SMILES string of the molecule is Cc1ccc2c(-c3ccc(-c4cc5c6c(ccc7cccc(c76)C56c5ccccc5-c5ccccc56)c4)cc3)c3ccccc3c(-c3cccc4ccccc34)c2c1. The van der Waals surface area contributed by atoms with Crippen molar-refractivity contribution in [1.29, 1.82) is 0 Å². The zero-order valence-corrected chi connectivity index (χ0v) is 32.1. The van der Waals surface area contributed by atoms with Crippen molar-refractivity contribution in [1.82, 2.24) is 0 Å². The molecular formula is C58H36. The molecule has 0 N–H and O–H groups in total. The number of hydrogen-bond acceptors (Lipinski definition) is 0. The van der Waals surface area contributed by atoms with Crippen molar-refractivity contribution in [3.63, 3.8) is 0 Å². The molecule has 11 aromatic carbocycles. The third kappa shape index (κ3) is 4.09. The molecule has 0 unspecified atom stereocenters. The van der Waals surface area contributed by atoms with Crippen LogP contribution in [0, 0.1) is 6.92 Å². The molecule has 268 valence electrons. The Morgan fingerprint density at radius 1 is 0.293 bits per heavy atom. The van der Waals surface area contributed by atoms with Gasteiger partial charge in [-0.15, -0.1) is 0 Å². The molecule has 0 bridgehead atoms. The molecule has 1 spiro atoms. The van der Waals surface area contributed by atoms with Gasteiger partial charge in [-0.1, -0.05) is 194 Å². The van der Waals surface area contributed by atoms with Crippen LogP contribution in [0.25, 0.3) is 98.4 Å². The fraction of sp³-hybridized carbons (Fsp3) is 0.0345. The lowest BCUT2D eigenvalue weighted by molar-refractivity contribution is 0.797. The van der Waals surface area contributed by atoms with E-state index in [1.807, 2.05) is 0 Å². The van der Waals surface area contributed by atoms with Crippen LogP contribution in [0.5, 0.6) is 0 Å². The number of rotatable bonds is 3. The average molecular weight is 733 g/mol. The van der Waals surface area contributed by atoms with Gasteiger partial charge in [-0.25, -0.2) is 0 Å². The predicted octanol–water partition coefficient (Wildman–Crippen LogP) is 15.4. The highest BCUT2D eigenvalue weighted by molar-refractivity contribution is 6.24. The fourth-order valence-electron chi connectivity index (χ4n) is 11.1. The highest BCUT2D eigenvalue weighted by Gasteiger charge is 2.50. The Bertz CT molecular complexity index is 3510. The van der Waals surface area contributed by atoms with Crippen LogP contribution in [0.1, 0.15) is 27.8 Å². The van der Waals surface area contributed by atoms with E-state index in [0.717, 1.165) is 0 Å². The van der Waals surface area contributed by atoms with Gasteiger partial charge in [0, 0.05) is 0 Å². The molecule has 13 rings (SSSR count). The predicted molar refractivity (Wildman–Crippen MR) is 246 cm³/mol. The largest absolute Gasteiger partial charge is 0.0726 e. The zero-order valence-electron chi connectivity index (χ0n) is 32.1. The summed E-state index contributed by atoms with van der Waals surface area (Å²) in [5.41, 5.74) is 16.7. The van der Waals surface area contributed by atoms with E-state index in [1.54, 1.807) is 0 Å². The van der Waals surface area contributed by atoms with E-state index in [4.69, 9.17) is 0 Å². The third-order valence-electron chi connectivity index (χ3n) is 13.5. The molecule has 2 aliphatic carbocycles. The van der Waals surface area contributed by atoms with Crippen LogP contribution < -0.4 is 0 Å². The normalized spacial score (nSPS) is 13.4. The second-order valence-electron chi connectivity index (χ2n) is 16.4. The van der Waals surface area contributed by atoms with Crippen molar-refractivity contribution in [3.05, 3.63) is 228 Å². The molecule has 11 aromatic rings. The van der Waals surface area contributed by atoms with Gasteiger partial charge in [0.15, 0.2) is 0 Å². The lowest BCUT2D eigenvalue weighted by Gasteiger charge is -2.31. The van der Waals surface area contributed by atoms with Crippen molar-refractivity contribution in [2.75, 3.05) is 0 Å². The molecule has 0 heterocycles. The molecule has 0 heteroatoms. The van der Waals surface area contributed by atoms with Crippen molar-refractivity contribution in [3.8, 4) is 44.5 Å². The minimum Gasteiger partial charge on any atom is -0.0619 e.